The molecular formula is C22H20BrNO2S. The van der Waals surface area contributed by atoms with Crippen LogP contribution in [0.15, 0.2) is 51.0 Å². The highest BCUT2D eigenvalue weighted by Gasteiger charge is 2.18. The molecule has 2 aromatic heterocycles. The van der Waals surface area contributed by atoms with Crippen molar-refractivity contribution in [2.24, 2.45) is 0 Å². The Morgan fingerprint density at radius 2 is 1.96 bits per heavy atom. The SMILES string of the molecule is CC[C@H](C)c1ccc(-c2c(CO)cc(Br)c3[nH]c(=O)c4sccc4c23)cc1. The first-order valence-electron chi connectivity index (χ1n) is 9.00. The van der Waals surface area contributed by atoms with Crippen LogP contribution >= 0.6 is 27.3 Å². The van der Waals surface area contributed by atoms with Crippen LogP contribution in [0, 0.1) is 0 Å². The number of nitrogens with one attached hydrogen (secondary N) is 1. The second-order valence-corrected chi connectivity index (χ2v) is 8.62. The molecule has 138 valence electrons. The van der Waals surface area contributed by atoms with E-state index in [2.05, 4.69) is 59.0 Å². The second kappa shape index (κ2) is 7.23. The lowest BCUT2D eigenvalue weighted by atomic mass is 9.91. The quantitative estimate of drug-likeness (QED) is 0.397. The van der Waals surface area contributed by atoms with Gasteiger partial charge in [0.2, 0.25) is 0 Å². The van der Waals surface area contributed by atoms with E-state index in [4.69, 9.17) is 0 Å². The summed E-state index contributed by atoms with van der Waals surface area (Å²) in [4.78, 5) is 15.5. The van der Waals surface area contributed by atoms with Gasteiger partial charge in [0.15, 0.2) is 0 Å². The molecule has 2 aromatic carbocycles. The molecule has 5 heteroatoms. The van der Waals surface area contributed by atoms with E-state index in [0.717, 1.165) is 43.9 Å². The van der Waals surface area contributed by atoms with Crippen molar-refractivity contribution in [3.63, 3.8) is 0 Å². The summed E-state index contributed by atoms with van der Waals surface area (Å²) in [5, 5.41) is 13.9. The average Bonchev–Trinajstić information content (AvgIpc) is 3.18. The molecular weight excluding hydrogens is 422 g/mol. The number of rotatable bonds is 4. The van der Waals surface area contributed by atoms with Crippen molar-refractivity contribution < 1.29 is 5.11 Å². The van der Waals surface area contributed by atoms with Crippen molar-refractivity contribution in [1.29, 1.82) is 0 Å². The molecule has 2 N–H and O–H groups in total. The Morgan fingerprint density at radius 3 is 2.63 bits per heavy atom. The Morgan fingerprint density at radius 1 is 1.22 bits per heavy atom. The molecule has 3 nitrogen and oxygen atoms in total. The van der Waals surface area contributed by atoms with Gasteiger partial charge in [-0.15, -0.1) is 11.3 Å². The topological polar surface area (TPSA) is 53.1 Å². The molecule has 0 saturated heterocycles. The van der Waals surface area contributed by atoms with Crippen molar-refractivity contribution in [3.05, 3.63) is 67.7 Å². The van der Waals surface area contributed by atoms with Gasteiger partial charge in [-0.25, -0.2) is 0 Å². The van der Waals surface area contributed by atoms with E-state index in [-0.39, 0.29) is 12.2 Å². The molecule has 27 heavy (non-hydrogen) atoms. The molecule has 0 saturated carbocycles. The van der Waals surface area contributed by atoms with Crippen LogP contribution in [0.2, 0.25) is 0 Å². The molecule has 0 aliphatic heterocycles. The van der Waals surface area contributed by atoms with Gasteiger partial charge >= 0.3 is 0 Å². The van der Waals surface area contributed by atoms with E-state index >= 15 is 0 Å². The number of H-pyrrole nitrogens is 1. The predicted molar refractivity (Wildman–Crippen MR) is 118 cm³/mol. The van der Waals surface area contributed by atoms with Gasteiger partial charge in [-0.05, 0) is 68.0 Å². The Labute approximate surface area is 169 Å². The monoisotopic (exact) mass is 441 g/mol. The zero-order chi connectivity index (χ0) is 19.1. The molecule has 4 rings (SSSR count). The van der Waals surface area contributed by atoms with Gasteiger partial charge in [0.1, 0.15) is 4.70 Å². The number of halogens is 1. The molecule has 0 spiro atoms. The van der Waals surface area contributed by atoms with Gasteiger partial charge in [0.05, 0.1) is 12.1 Å². The summed E-state index contributed by atoms with van der Waals surface area (Å²) in [6.07, 6.45) is 1.10. The minimum absolute atomic E-state index is 0.0677. The average molecular weight is 442 g/mol. The number of fused-ring (bicyclic) bond motifs is 3. The Kier molecular flexibility index (Phi) is 4.93. The molecule has 1 atom stereocenters. The number of aromatic amines is 1. The number of pyridine rings is 1. The summed E-state index contributed by atoms with van der Waals surface area (Å²) in [5.74, 6) is 0.512. The number of aliphatic hydroxyl groups excluding tert-OH is 1. The van der Waals surface area contributed by atoms with Gasteiger partial charge in [-0.1, -0.05) is 38.1 Å². The summed E-state index contributed by atoms with van der Waals surface area (Å²) in [6.45, 7) is 4.35. The first kappa shape index (κ1) is 18.4. The van der Waals surface area contributed by atoms with E-state index < -0.39 is 0 Å². The minimum Gasteiger partial charge on any atom is -0.392 e. The maximum absolute atomic E-state index is 12.4. The van der Waals surface area contributed by atoms with Gasteiger partial charge in [0.25, 0.3) is 5.56 Å². The van der Waals surface area contributed by atoms with Crippen LogP contribution in [0.5, 0.6) is 0 Å². The van der Waals surface area contributed by atoms with Gasteiger partial charge in [-0.3, -0.25) is 4.79 Å². The van der Waals surface area contributed by atoms with Crippen LogP contribution in [-0.2, 0) is 6.61 Å². The van der Waals surface area contributed by atoms with Crippen molar-refractivity contribution in [1.82, 2.24) is 4.98 Å². The number of hydrogen-bond donors (Lipinski definition) is 2. The van der Waals surface area contributed by atoms with E-state index in [1.54, 1.807) is 0 Å². The number of aliphatic hydroxyl groups is 1. The third-order valence-corrected chi connectivity index (χ3v) is 6.83. The zero-order valence-electron chi connectivity index (χ0n) is 15.2. The van der Waals surface area contributed by atoms with E-state index in [0.29, 0.717) is 10.6 Å². The smallest absolute Gasteiger partial charge is 0.266 e. The highest BCUT2D eigenvalue weighted by molar-refractivity contribution is 9.10. The fourth-order valence-corrected chi connectivity index (χ4v) is 4.98. The van der Waals surface area contributed by atoms with Gasteiger partial charge < -0.3 is 10.1 Å². The fraction of sp³-hybridized carbons (Fsp3) is 0.227. The molecule has 2 heterocycles. The van der Waals surface area contributed by atoms with Crippen LogP contribution in [0.3, 0.4) is 0 Å². The predicted octanol–water partition coefficient (Wildman–Crippen LogP) is 6.18. The first-order chi connectivity index (χ1) is 13.0. The largest absolute Gasteiger partial charge is 0.392 e. The Bertz CT molecular complexity index is 1190. The molecule has 0 unspecified atom stereocenters. The maximum Gasteiger partial charge on any atom is 0.266 e. The zero-order valence-corrected chi connectivity index (χ0v) is 17.6. The summed E-state index contributed by atoms with van der Waals surface area (Å²) in [5.41, 5.74) is 4.86. The number of aromatic nitrogens is 1. The first-order valence-corrected chi connectivity index (χ1v) is 10.7. The van der Waals surface area contributed by atoms with E-state index in [9.17, 15) is 9.90 Å². The highest BCUT2D eigenvalue weighted by atomic mass is 79.9. The third-order valence-electron chi connectivity index (χ3n) is 5.29. The third kappa shape index (κ3) is 3.04. The van der Waals surface area contributed by atoms with Gasteiger partial charge in [0, 0.05) is 15.2 Å². The van der Waals surface area contributed by atoms with Crippen molar-refractivity contribution in [2.45, 2.75) is 32.8 Å². The molecule has 0 aliphatic carbocycles. The van der Waals surface area contributed by atoms with Crippen LogP contribution in [0.1, 0.15) is 37.3 Å². The van der Waals surface area contributed by atoms with Crippen LogP contribution in [0.25, 0.3) is 32.1 Å². The normalized spacial score (nSPS) is 12.7. The number of thiophene rings is 1. The van der Waals surface area contributed by atoms with Crippen molar-refractivity contribution in [2.75, 3.05) is 0 Å². The van der Waals surface area contributed by atoms with Crippen LogP contribution in [-0.4, -0.2) is 10.1 Å². The lowest BCUT2D eigenvalue weighted by Crippen LogP contribution is -2.06. The van der Waals surface area contributed by atoms with Crippen LogP contribution in [0.4, 0.5) is 0 Å². The second-order valence-electron chi connectivity index (χ2n) is 6.85. The number of benzene rings is 2. The molecule has 0 radical (unpaired) electrons. The van der Waals surface area contributed by atoms with Gasteiger partial charge in [-0.2, -0.15) is 0 Å². The summed E-state index contributed by atoms with van der Waals surface area (Å²) < 4.78 is 1.49. The summed E-state index contributed by atoms with van der Waals surface area (Å²) >= 11 is 5.01. The standard InChI is InChI=1S/C22H20BrNO2S/c1-3-12(2)13-4-6-14(7-5-13)18-15(11-25)10-17(23)20-19(18)16-8-9-27-21(16)22(26)24-20/h4-10,12,25H,3,11H2,1-2H3,(H,24,26)/t12-/m0/s1. The Balaban J connectivity index is 2.08. The highest BCUT2D eigenvalue weighted by Crippen LogP contribution is 2.40. The molecule has 0 fully saturated rings. The summed E-state index contributed by atoms with van der Waals surface area (Å²) in [7, 11) is 0. The minimum atomic E-state index is -0.0805. The molecule has 0 bridgehead atoms. The van der Waals surface area contributed by atoms with E-state index in [1.165, 1.54) is 16.9 Å². The lowest BCUT2D eigenvalue weighted by Gasteiger charge is -2.16. The van der Waals surface area contributed by atoms with Crippen LogP contribution < -0.4 is 5.56 Å². The molecule has 0 aliphatic rings. The number of hydrogen-bond acceptors (Lipinski definition) is 3. The lowest BCUT2D eigenvalue weighted by molar-refractivity contribution is 0.282. The molecule has 0 amide bonds. The van der Waals surface area contributed by atoms with Crippen molar-refractivity contribution >= 4 is 48.3 Å². The van der Waals surface area contributed by atoms with E-state index in [1.807, 2.05) is 17.5 Å². The Hall–Kier alpha value is -1.95. The fourth-order valence-electron chi connectivity index (χ4n) is 3.61. The maximum atomic E-state index is 12.4. The van der Waals surface area contributed by atoms with Crippen molar-refractivity contribution in [3.8, 4) is 11.1 Å². The molecule has 4 aromatic rings. The summed E-state index contributed by atoms with van der Waals surface area (Å²) in [6, 6.07) is 12.4.